The minimum atomic E-state index is -1.05. The van der Waals surface area contributed by atoms with E-state index >= 15 is 0 Å². The number of carbonyl (C=O) groups excluding carboxylic acids is 1. The van der Waals surface area contributed by atoms with E-state index in [0.717, 1.165) is 12.8 Å². The highest BCUT2D eigenvalue weighted by Gasteiger charge is 2.05. The van der Waals surface area contributed by atoms with Gasteiger partial charge in [0, 0.05) is 18.0 Å². The molecule has 3 N–H and O–H groups in total. The van der Waals surface area contributed by atoms with Crippen molar-refractivity contribution in [1.29, 1.82) is 0 Å². The molecule has 0 saturated heterocycles. The normalized spacial score (nSPS) is 10.2. The van der Waals surface area contributed by atoms with Crippen molar-refractivity contribution in [3.05, 3.63) is 28.2 Å². The molecule has 1 amide bonds. The summed E-state index contributed by atoms with van der Waals surface area (Å²) in [5, 5.41) is 20.3. The highest BCUT2D eigenvalue weighted by molar-refractivity contribution is 6.35. The number of amides is 1. The fourth-order valence-corrected chi connectivity index (χ4v) is 3.34. The zero-order valence-corrected chi connectivity index (χ0v) is 20.9. The molecule has 1 rings (SSSR count). The van der Waals surface area contributed by atoms with E-state index < -0.39 is 18.5 Å². The van der Waals surface area contributed by atoms with Crippen molar-refractivity contribution in [3.8, 4) is 5.75 Å². The van der Waals surface area contributed by atoms with Crippen molar-refractivity contribution in [2.45, 2.75) is 84.0 Å². The van der Waals surface area contributed by atoms with Crippen molar-refractivity contribution >= 4 is 41.0 Å². The third-order valence-electron chi connectivity index (χ3n) is 4.66. The van der Waals surface area contributed by atoms with Crippen LogP contribution in [-0.2, 0) is 14.4 Å². The Morgan fingerprint density at radius 2 is 1.42 bits per heavy atom. The first-order chi connectivity index (χ1) is 15.8. The van der Waals surface area contributed by atoms with Gasteiger partial charge in [-0.2, -0.15) is 0 Å². The molecule has 0 aromatic heterocycles. The van der Waals surface area contributed by atoms with Crippen molar-refractivity contribution in [2.24, 2.45) is 0 Å². The van der Waals surface area contributed by atoms with Gasteiger partial charge in [-0.15, -0.1) is 0 Å². The summed E-state index contributed by atoms with van der Waals surface area (Å²) >= 11 is 11.3. The van der Waals surface area contributed by atoms with Crippen LogP contribution < -0.4 is 10.1 Å². The number of carbonyl (C=O) groups is 3. The van der Waals surface area contributed by atoms with Crippen molar-refractivity contribution in [3.63, 3.8) is 0 Å². The van der Waals surface area contributed by atoms with E-state index in [1.165, 1.54) is 63.5 Å². The number of benzene rings is 1. The summed E-state index contributed by atoms with van der Waals surface area (Å²) in [5.41, 5.74) is 0. The third kappa shape index (κ3) is 20.4. The molecule has 33 heavy (non-hydrogen) atoms. The smallest absolute Gasteiger partial charge is 0.341 e. The summed E-state index contributed by atoms with van der Waals surface area (Å²) in [5.74, 6) is -1.80. The molecule has 0 radical (unpaired) electrons. The minimum absolute atomic E-state index is 0.0795. The Hall–Kier alpha value is -1.99. The van der Waals surface area contributed by atoms with Gasteiger partial charge in [-0.05, 0) is 24.6 Å². The molecule has 0 heterocycles. The lowest BCUT2D eigenvalue weighted by molar-refractivity contribution is -0.139. The Kier molecular flexibility index (Phi) is 19.4. The topological polar surface area (TPSA) is 113 Å². The van der Waals surface area contributed by atoms with E-state index in [9.17, 15) is 14.4 Å². The lowest BCUT2D eigenvalue weighted by Gasteiger charge is -2.04. The van der Waals surface area contributed by atoms with Gasteiger partial charge in [-0.25, -0.2) is 4.79 Å². The van der Waals surface area contributed by atoms with Crippen molar-refractivity contribution < 1.29 is 29.3 Å². The number of nitrogens with one attached hydrogen (secondary N) is 1. The zero-order chi connectivity index (χ0) is 24.9. The van der Waals surface area contributed by atoms with Gasteiger partial charge in [0.1, 0.15) is 5.75 Å². The number of carboxylic acids is 2. The van der Waals surface area contributed by atoms with Crippen molar-refractivity contribution in [2.75, 3.05) is 13.2 Å². The predicted octanol–water partition coefficient (Wildman–Crippen LogP) is 6.35. The lowest BCUT2D eigenvalue weighted by atomic mass is 10.1. The molecule has 9 heteroatoms. The second-order valence-corrected chi connectivity index (χ2v) is 8.53. The second-order valence-electron chi connectivity index (χ2n) is 7.68. The van der Waals surface area contributed by atoms with Gasteiger partial charge in [0.05, 0.1) is 11.4 Å². The molecule has 0 bridgehead atoms. The summed E-state index contributed by atoms with van der Waals surface area (Å²) in [6.07, 6.45) is 12.8. The monoisotopic (exact) mass is 505 g/mol. The van der Waals surface area contributed by atoms with E-state index in [4.69, 9.17) is 38.2 Å². The molecule has 1 aromatic rings. The molecule has 0 unspecified atom stereocenters. The average molecular weight is 506 g/mol. The van der Waals surface area contributed by atoms with E-state index in [0.29, 0.717) is 22.3 Å². The highest BCUT2D eigenvalue weighted by Crippen LogP contribution is 2.27. The van der Waals surface area contributed by atoms with Crippen LogP contribution >= 0.6 is 23.2 Å². The van der Waals surface area contributed by atoms with Crippen molar-refractivity contribution in [1.82, 2.24) is 5.32 Å². The molecule has 0 aliphatic heterocycles. The van der Waals surface area contributed by atoms with E-state index in [-0.39, 0.29) is 18.7 Å². The summed E-state index contributed by atoms with van der Waals surface area (Å²) in [7, 11) is 0. The number of carboxylic acid groups (broad SMARTS) is 2. The van der Waals surface area contributed by atoms with Gasteiger partial charge in [-0.3, -0.25) is 9.59 Å². The minimum Gasteiger partial charge on any atom is -0.481 e. The SMILES string of the molecule is CCCCCCCCCCCCNC(=O)CCC(=O)O.O=C(O)COc1ccc(Cl)cc1Cl. The Morgan fingerprint density at radius 1 is 0.848 bits per heavy atom. The molecule has 188 valence electrons. The summed E-state index contributed by atoms with van der Waals surface area (Å²) in [6, 6.07) is 4.58. The number of hydrogen-bond acceptors (Lipinski definition) is 4. The van der Waals surface area contributed by atoms with Crippen LogP contribution in [0.25, 0.3) is 0 Å². The number of hydrogen-bond donors (Lipinski definition) is 3. The first-order valence-corrected chi connectivity index (χ1v) is 12.3. The largest absolute Gasteiger partial charge is 0.481 e. The van der Waals surface area contributed by atoms with Crippen LogP contribution in [0, 0.1) is 0 Å². The standard InChI is InChI=1S/C16H31NO3.C8H6Cl2O3/c1-2-3-4-5-6-7-8-9-10-11-14-17-15(18)12-13-16(19)20;9-5-1-2-7(6(10)3-5)13-4-8(11)12/h2-14H2,1H3,(H,17,18)(H,19,20);1-3H,4H2,(H,11,12). The van der Waals surface area contributed by atoms with E-state index in [1.54, 1.807) is 6.07 Å². The van der Waals surface area contributed by atoms with E-state index in [2.05, 4.69) is 12.2 Å². The van der Waals surface area contributed by atoms with Crippen LogP contribution in [0.2, 0.25) is 10.0 Å². The molecular weight excluding hydrogens is 469 g/mol. The molecule has 7 nitrogen and oxygen atoms in total. The lowest BCUT2D eigenvalue weighted by Crippen LogP contribution is -2.24. The Bertz CT molecular complexity index is 700. The van der Waals surface area contributed by atoms with Crippen LogP contribution in [0.3, 0.4) is 0 Å². The second kappa shape index (κ2) is 20.6. The van der Waals surface area contributed by atoms with Crippen LogP contribution in [0.4, 0.5) is 0 Å². The van der Waals surface area contributed by atoms with Crippen LogP contribution in [0.15, 0.2) is 18.2 Å². The number of aliphatic carboxylic acids is 2. The predicted molar refractivity (Wildman–Crippen MR) is 131 cm³/mol. The van der Waals surface area contributed by atoms with Crippen LogP contribution in [0.5, 0.6) is 5.75 Å². The summed E-state index contributed by atoms with van der Waals surface area (Å²) in [6.45, 7) is 2.50. The molecular formula is C24H37Cl2NO6. The average Bonchev–Trinajstić information content (AvgIpc) is 2.75. The maximum absolute atomic E-state index is 11.2. The van der Waals surface area contributed by atoms with Gasteiger partial charge < -0.3 is 20.3 Å². The van der Waals surface area contributed by atoms with Gasteiger partial charge in [0.25, 0.3) is 0 Å². The number of rotatable bonds is 17. The molecule has 0 fully saturated rings. The fraction of sp³-hybridized carbons (Fsp3) is 0.625. The van der Waals surface area contributed by atoms with Gasteiger partial charge >= 0.3 is 11.9 Å². The molecule has 1 aromatic carbocycles. The third-order valence-corrected chi connectivity index (χ3v) is 5.19. The summed E-state index contributed by atoms with van der Waals surface area (Å²) < 4.78 is 4.86. The van der Waals surface area contributed by atoms with Crippen LogP contribution in [0.1, 0.15) is 84.0 Å². The van der Waals surface area contributed by atoms with Gasteiger partial charge in [0.2, 0.25) is 5.91 Å². The molecule has 0 aliphatic rings. The quantitative estimate of drug-likeness (QED) is 0.212. The maximum Gasteiger partial charge on any atom is 0.341 e. The number of unbranched alkanes of at least 4 members (excludes halogenated alkanes) is 9. The van der Waals surface area contributed by atoms with Crippen LogP contribution in [-0.4, -0.2) is 41.2 Å². The Morgan fingerprint density at radius 3 is 1.94 bits per heavy atom. The maximum atomic E-state index is 11.2. The highest BCUT2D eigenvalue weighted by atomic mass is 35.5. The first kappa shape index (κ1) is 31.0. The Labute approximate surface area is 206 Å². The molecule has 0 atom stereocenters. The zero-order valence-electron chi connectivity index (χ0n) is 19.4. The number of halogens is 2. The Balaban J connectivity index is 0.000000676. The molecule has 0 aliphatic carbocycles. The van der Waals surface area contributed by atoms with Gasteiger partial charge in [0.15, 0.2) is 6.61 Å². The first-order valence-electron chi connectivity index (χ1n) is 11.5. The number of ether oxygens (including phenoxy) is 1. The fourth-order valence-electron chi connectivity index (χ4n) is 2.88. The summed E-state index contributed by atoms with van der Waals surface area (Å²) in [4.78, 5) is 31.7. The molecule has 0 saturated carbocycles. The van der Waals surface area contributed by atoms with E-state index in [1.807, 2.05) is 0 Å². The molecule has 0 spiro atoms. The van der Waals surface area contributed by atoms with Gasteiger partial charge in [-0.1, -0.05) is 87.9 Å².